The van der Waals surface area contributed by atoms with E-state index in [4.69, 9.17) is 9.47 Å². The van der Waals surface area contributed by atoms with Crippen LogP contribution in [-0.4, -0.2) is 36.0 Å². The summed E-state index contributed by atoms with van der Waals surface area (Å²) in [7, 11) is 0. The number of esters is 2. The molecule has 6 nitrogen and oxygen atoms in total. The summed E-state index contributed by atoms with van der Waals surface area (Å²) < 4.78 is 10.7. The minimum Gasteiger partial charge on any atom is -0.465 e. The number of ether oxygens (including phenoxy) is 2. The Morgan fingerprint density at radius 3 is 2.50 bits per heavy atom. The molecule has 150 valence electrons. The van der Waals surface area contributed by atoms with Gasteiger partial charge in [-0.2, -0.15) is 0 Å². The standard InChI is InChI=1S/C22H27NO5/c1-3-27-20(25)19(16-10-6-5-7-11-16)23-17-12-8-9-14-22(17,15-13-18(23)24)21(26)28-4-2/h5-7,10-12,19H,3-4,8-9,13-15H2,1-2H3/t19-,22-/m1/s1. The van der Waals surface area contributed by atoms with Crippen LogP contribution in [0.25, 0.3) is 0 Å². The number of hydrogen-bond donors (Lipinski definition) is 0. The van der Waals surface area contributed by atoms with Crippen molar-refractivity contribution in [2.24, 2.45) is 5.41 Å². The summed E-state index contributed by atoms with van der Waals surface area (Å²) in [5, 5.41) is 0. The Hall–Kier alpha value is -2.63. The predicted molar refractivity (Wildman–Crippen MR) is 103 cm³/mol. The van der Waals surface area contributed by atoms with Crippen molar-refractivity contribution in [2.45, 2.75) is 52.0 Å². The maximum absolute atomic E-state index is 13.0. The Kier molecular flexibility index (Phi) is 6.17. The molecule has 1 aromatic rings. The minimum atomic E-state index is -0.910. The normalized spacial score (nSPS) is 22.7. The number of allylic oxidation sites excluding steroid dienone is 1. The van der Waals surface area contributed by atoms with Crippen LogP contribution >= 0.6 is 0 Å². The van der Waals surface area contributed by atoms with Crippen LogP contribution in [0.5, 0.6) is 0 Å². The summed E-state index contributed by atoms with van der Waals surface area (Å²) in [6, 6.07) is 8.20. The van der Waals surface area contributed by atoms with Crippen LogP contribution in [0.1, 0.15) is 57.6 Å². The molecule has 0 unspecified atom stereocenters. The number of likely N-dealkylation sites (tertiary alicyclic amines) is 1. The van der Waals surface area contributed by atoms with Crippen molar-refractivity contribution in [3.05, 3.63) is 47.7 Å². The van der Waals surface area contributed by atoms with Gasteiger partial charge in [0.15, 0.2) is 6.04 Å². The van der Waals surface area contributed by atoms with Crippen LogP contribution in [0, 0.1) is 5.41 Å². The van der Waals surface area contributed by atoms with Gasteiger partial charge in [0.1, 0.15) is 5.41 Å². The van der Waals surface area contributed by atoms with Crippen molar-refractivity contribution in [1.29, 1.82) is 0 Å². The number of nitrogens with zero attached hydrogens (tertiary/aromatic N) is 1. The molecule has 0 saturated carbocycles. The number of carbonyl (C=O) groups is 3. The van der Waals surface area contributed by atoms with E-state index in [-0.39, 0.29) is 31.5 Å². The summed E-state index contributed by atoms with van der Waals surface area (Å²) in [5.74, 6) is -0.975. The van der Waals surface area contributed by atoms with E-state index >= 15 is 0 Å². The van der Waals surface area contributed by atoms with Gasteiger partial charge in [-0.15, -0.1) is 0 Å². The van der Waals surface area contributed by atoms with Gasteiger partial charge in [-0.3, -0.25) is 14.5 Å². The fourth-order valence-corrected chi connectivity index (χ4v) is 4.23. The van der Waals surface area contributed by atoms with Gasteiger partial charge >= 0.3 is 11.9 Å². The number of piperidine rings is 1. The molecule has 0 aromatic heterocycles. The van der Waals surface area contributed by atoms with Crippen molar-refractivity contribution in [1.82, 2.24) is 4.90 Å². The number of fused-ring (bicyclic) bond motifs is 1. The third kappa shape index (κ3) is 3.55. The van der Waals surface area contributed by atoms with Gasteiger partial charge in [0.05, 0.1) is 13.2 Å². The van der Waals surface area contributed by atoms with Gasteiger partial charge in [0.2, 0.25) is 5.91 Å². The lowest BCUT2D eigenvalue weighted by Crippen LogP contribution is -2.52. The van der Waals surface area contributed by atoms with Crippen molar-refractivity contribution in [2.75, 3.05) is 13.2 Å². The lowest BCUT2D eigenvalue weighted by atomic mass is 9.69. The molecule has 0 radical (unpaired) electrons. The Morgan fingerprint density at radius 2 is 1.82 bits per heavy atom. The monoisotopic (exact) mass is 385 g/mol. The van der Waals surface area contributed by atoms with Crippen LogP contribution in [0.4, 0.5) is 0 Å². The molecule has 1 aliphatic heterocycles. The summed E-state index contributed by atoms with van der Waals surface area (Å²) in [4.78, 5) is 40.4. The van der Waals surface area contributed by atoms with E-state index in [9.17, 15) is 14.4 Å². The second-order valence-corrected chi connectivity index (χ2v) is 7.11. The maximum Gasteiger partial charge on any atom is 0.333 e. The van der Waals surface area contributed by atoms with Gasteiger partial charge in [-0.25, -0.2) is 4.79 Å². The SMILES string of the molecule is CCOC(=O)[C@@H](c1ccccc1)N1C(=O)CC[C@]2(C(=O)OCC)CCCC=C12. The Morgan fingerprint density at radius 1 is 1.11 bits per heavy atom. The van der Waals surface area contributed by atoms with Crippen LogP contribution in [0.2, 0.25) is 0 Å². The smallest absolute Gasteiger partial charge is 0.333 e. The Balaban J connectivity index is 2.10. The molecule has 0 spiro atoms. The molecular weight excluding hydrogens is 358 g/mol. The van der Waals surface area contributed by atoms with E-state index < -0.39 is 17.4 Å². The maximum atomic E-state index is 13.0. The van der Waals surface area contributed by atoms with Crippen molar-refractivity contribution < 1.29 is 23.9 Å². The Labute approximate surface area is 165 Å². The van der Waals surface area contributed by atoms with Crippen LogP contribution in [0.3, 0.4) is 0 Å². The van der Waals surface area contributed by atoms with Gasteiger partial charge in [-0.05, 0) is 45.1 Å². The van der Waals surface area contributed by atoms with Gasteiger partial charge in [-0.1, -0.05) is 36.4 Å². The average Bonchev–Trinajstić information content (AvgIpc) is 2.71. The summed E-state index contributed by atoms with van der Waals surface area (Å²) in [6.45, 7) is 4.01. The van der Waals surface area contributed by atoms with E-state index in [1.54, 1.807) is 26.0 Å². The topological polar surface area (TPSA) is 72.9 Å². The van der Waals surface area contributed by atoms with Crippen LogP contribution in [0.15, 0.2) is 42.1 Å². The molecule has 1 fully saturated rings. The van der Waals surface area contributed by atoms with Crippen LogP contribution in [-0.2, 0) is 23.9 Å². The van der Waals surface area contributed by atoms with Crippen LogP contribution < -0.4 is 0 Å². The lowest BCUT2D eigenvalue weighted by molar-refractivity contribution is -0.164. The second-order valence-electron chi connectivity index (χ2n) is 7.11. The van der Waals surface area contributed by atoms with Crippen molar-refractivity contribution in [3.8, 4) is 0 Å². The molecule has 1 amide bonds. The molecule has 28 heavy (non-hydrogen) atoms. The van der Waals surface area contributed by atoms with E-state index in [2.05, 4.69) is 0 Å². The number of benzene rings is 1. The first-order valence-electron chi connectivity index (χ1n) is 9.96. The summed E-state index contributed by atoms with van der Waals surface area (Å²) in [6.07, 6.45) is 4.75. The molecule has 0 N–H and O–H groups in total. The molecule has 3 rings (SSSR count). The summed E-state index contributed by atoms with van der Waals surface area (Å²) in [5.41, 5.74) is 0.387. The van der Waals surface area contributed by atoms with E-state index in [0.29, 0.717) is 24.1 Å². The third-order valence-electron chi connectivity index (χ3n) is 5.48. The first-order valence-corrected chi connectivity index (χ1v) is 9.96. The Bertz CT molecular complexity index is 772. The first-order chi connectivity index (χ1) is 13.5. The average molecular weight is 385 g/mol. The molecule has 1 saturated heterocycles. The second kappa shape index (κ2) is 8.59. The van der Waals surface area contributed by atoms with Gasteiger partial charge < -0.3 is 9.47 Å². The molecule has 1 heterocycles. The summed E-state index contributed by atoms with van der Waals surface area (Å²) >= 11 is 0. The zero-order chi connectivity index (χ0) is 20.1. The molecule has 2 atom stereocenters. The molecule has 0 bridgehead atoms. The molecule has 1 aromatic carbocycles. The largest absolute Gasteiger partial charge is 0.465 e. The minimum absolute atomic E-state index is 0.171. The quantitative estimate of drug-likeness (QED) is 0.701. The molecular formula is C22H27NO5. The molecule has 6 heteroatoms. The third-order valence-corrected chi connectivity index (χ3v) is 5.48. The van der Waals surface area contributed by atoms with E-state index in [1.807, 2.05) is 24.3 Å². The van der Waals surface area contributed by atoms with E-state index in [0.717, 1.165) is 12.8 Å². The molecule has 2 aliphatic rings. The highest BCUT2D eigenvalue weighted by atomic mass is 16.5. The molecule has 1 aliphatic carbocycles. The highest BCUT2D eigenvalue weighted by Gasteiger charge is 2.53. The zero-order valence-electron chi connectivity index (χ0n) is 16.5. The van der Waals surface area contributed by atoms with Crippen molar-refractivity contribution >= 4 is 17.8 Å². The van der Waals surface area contributed by atoms with Gasteiger partial charge in [0.25, 0.3) is 0 Å². The predicted octanol–water partition coefficient (Wildman–Crippen LogP) is 3.53. The number of rotatable bonds is 6. The number of amides is 1. The van der Waals surface area contributed by atoms with E-state index in [1.165, 1.54) is 4.90 Å². The lowest BCUT2D eigenvalue weighted by Gasteiger charge is -2.47. The highest BCUT2D eigenvalue weighted by Crippen LogP contribution is 2.50. The number of hydrogen-bond acceptors (Lipinski definition) is 5. The fourth-order valence-electron chi connectivity index (χ4n) is 4.23. The highest BCUT2D eigenvalue weighted by molar-refractivity contribution is 5.92. The van der Waals surface area contributed by atoms with Crippen molar-refractivity contribution in [3.63, 3.8) is 0 Å². The number of carbonyl (C=O) groups excluding carboxylic acids is 3. The van der Waals surface area contributed by atoms with Gasteiger partial charge in [0, 0.05) is 12.1 Å². The zero-order valence-corrected chi connectivity index (χ0v) is 16.5. The first kappa shape index (κ1) is 20.1. The fraction of sp³-hybridized carbons (Fsp3) is 0.500.